The first kappa shape index (κ1) is 20.6. The Hall–Kier alpha value is -2.68. The summed E-state index contributed by atoms with van der Waals surface area (Å²) in [6.45, 7) is 5.55. The fraction of sp³-hybridized carbons (Fsp3) is 0.476. The summed E-state index contributed by atoms with van der Waals surface area (Å²) in [7, 11) is 0. The van der Waals surface area contributed by atoms with Gasteiger partial charge in [0, 0.05) is 30.8 Å². The summed E-state index contributed by atoms with van der Waals surface area (Å²) >= 11 is 0. The zero-order valence-corrected chi connectivity index (χ0v) is 17.0. The number of hydrogen-bond donors (Lipinski definition) is 0. The Morgan fingerprint density at radius 2 is 1.87 bits per heavy atom. The second-order valence-corrected chi connectivity index (χ2v) is 7.65. The largest absolute Gasteiger partial charge is 0.453 e. The number of benzene rings is 1. The lowest BCUT2D eigenvalue weighted by Gasteiger charge is -2.21. The SMILES string of the molecule is Cc1c(N2CCC(OCCCc3ccccc3)C2)nn2c(C(F)(F)F)nnc2c1C. The van der Waals surface area contributed by atoms with Gasteiger partial charge in [0.2, 0.25) is 0 Å². The number of ether oxygens (including phenoxy) is 1. The predicted octanol–water partition coefficient (Wildman–Crippen LogP) is 3.99. The van der Waals surface area contributed by atoms with Crippen LogP contribution < -0.4 is 4.90 Å². The fourth-order valence-corrected chi connectivity index (χ4v) is 3.82. The summed E-state index contributed by atoms with van der Waals surface area (Å²) < 4.78 is 46.6. The Labute approximate surface area is 172 Å². The van der Waals surface area contributed by atoms with Gasteiger partial charge in [-0.25, -0.2) is 0 Å². The topological polar surface area (TPSA) is 55.5 Å². The lowest BCUT2D eigenvalue weighted by Crippen LogP contribution is -2.26. The number of halogens is 3. The second-order valence-electron chi connectivity index (χ2n) is 7.65. The van der Waals surface area contributed by atoms with Crippen LogP contribution in [0.25, 0.3) is 5.65 Å². The molecule has 0 radical (unpaired) electrons. The Morgan fingerprint density at radius 1 is 1.10 bits per heavy atom. The third-order valence-corrected chi connectivity index (χ3v) is 5.57. The number of aryl methyl sites for hydroxylation is 2. The van der Waals surface area contributed by atoms with Crippen LogP contribution in [0.4, 0.5) is 19.0 Å². The Balaban J connectivity index is 1.42. The molecule has 4 rings (SSSR count). The van der Waals surface area contributed by atoms with E-state index in [1.54, 1.807) is 6.92 Å². The van der Waals surface area contributed by atoms with Gasteiger partial charge in [-0.3, -0.25) is 0 Å². The molecule has 0 saturated carbocycles. The number of rotatable bonds is 6. The smallest absolute Gasteiger partial charge is 0.376 e. The second kappa shape index (κ2) is 8.22. The molecule has 1 fully saturated rings. The molecular formula is C21H24F3N5O. The maximum Gasteiger partial charge on any atom is 0.453 e. The number of anilines is 1. The molecule has 0 amide bonds. The van der Waals surface area contributed by atoms with Gasteiger partial charge in [0.1, 0.15) is 0 Å². The van der Waals surface area contributed by atoms with Crippen molar-refractivity contribution >= 4 is 11.5 Å². The fourth-order valence-electron chi connectivity index (χ4n) is 3.82. The van der Waals surface area contributed by atoms with Gasteiger partial charge < -0.3 is 9.64 Å². The van der Waals surface area contributed by atoms with Gasteiger partial charge in [0.05, 0.1) is 6.10 Å². The molecule has 1 unspecified atom stereocenters. The van der Waals surface area contributed by atoms with Gasteiger partial charge in [-0.05, 0) is 38.7 Å². The van der Waals surface area contributed by atoms with Crippen LogP contribution in [-0.2, 0) is 17.3 Å². The quantitative estimate of drug-likeness (QED) is 0.566. The van der Waals surface area contributed by atoms with E-state index in [2.05, 4.69) is 27.4 Å². The van der Waals surface area contributed by atoms with Crippen LogP contribution in [0.1, 0.15) is 35.4 Å². The molecule has 3 heterocycles. The molecular weight excluding hydrogens is 395 g/mol. The van der Waals surface area contributed by atoms with Crippen LogP contribution in [0, 0.1) is 13.8 Å². The monoisotopic (exact) mass is 419 g/mol. The standard InChI is InChI=1S/C21H24F3N5O/c1-14-15(2)19(27-29-18(14)25-26-20(29)21(22,23)24)28-11-10-17(13-28)30-12-6-9-16-7-4-3-5-8-16/h3-5,7-8,17H,6,9-13H2,1-2H3. The van der Waals surface area contributed by atoms with Crippen molar-refractivity contribution in [3.63, 3.8) is 0 Å². The van der Waals surface area contributed by atoms with E-state index < -0.39 is 12.0 Å². The maximum absolute atomic E-state index is 13.3. The van der Waals surface area contributed by atoms with Gasteiger partial charge in [0.25, 0.3) is 5.82 Å². The molecule has 0 bridgehead atoms. The van der Waals surface area contributed by atoms with Crippen molar-refractivity contribution in [2.45, 2.75) is 45.4 Å². The van der Waals surface area contributed by atoms with Crippen LogP contribution >= 0.6 is 0 Å². The van der Waals surface area contributed by atoms with E-state index in [9.17, 15) is 13.2 Å². The van der Waals surface area contributed by atoms with E-state index in [-0.39, 0.29) is 11.8 Å². The first-order valence-corrected chi connectivity index (χ1v) is 10.0. The summed E-state index contributed by atoms with van der Waals surface area (Å²) in [6, 6.07) is 10.3. The minimum atomic E-state index is -4.61. The van der Waals surface area contributed by atoms with Crippen molar-refractivity contribution in [2.75, 3.05) is 24.6 Å². The normalized spacial score (nSPS) is 17.2. The Morgan fingerprint density at radius 3 is 2.60 bits per heavy atom. The predicted molar refractivity (Wildman–Crippen MR) is 107 cm³/mol. The number of alkyl halides is 3. The van der Waals surface area contributed by atoms with Crippen LogP contribution in [-0.4, -0.2) is 45.6 Å². The maximum atomic E-state index is 13.3. The number of nitrogens with zero attached hydrogens (tertiary/aromatic N) is 5. The van der Waals surface area contributed by atoms with E-state index in [0.717, 1.165) is 29.3 Å². The van der Waals surface area contributed by atoms with Crippen LogP contribution in [0.3, 0.4) is 0 Å². The summed E-state index contributed by atoms with van der Waals surface area (Å²) in [4.78, 5) is 1.99. The zero-order chi connectivity index (χ0) is 21.3. The Bertz CT molecular complexity index is 1020. The lowest BCUT2D eigenvalue weighted by atomic mass is 10.1. The first-order chi connectivity index (χ1) is 14.3. The minimum absolute atomic E-state index is 0.0426. The van der Waals surface area contributed by atoms with Crippen LogP contribution in [0.2, 0.25) is 0 Å². The number of aromatic nitrogens is 4. The summed E-state index contributed by atoms with van der Waals surface area (Å²) in [5, 5.41) is 11.3. The van der Waals surface area contributed by atoms with Crippen LogP contribution in [0.5, 0.6) is 0 Å². The number of fused-ring (bicyclic) bond motifs is 1. The molecule has 0 spiro atoms. The van der Waals surface area contributed by atoms with Crippen molar-refractivity contribution in [3.8, 4) is 0 Å². The molecule has 9 heteroatoms. The van der Waals surface area contributed by atoms with Gasteiger partial charge in [-0.15, -0.1) is 15.3 Å². The van der Waals surface area contributed by atoms with E-state index in [0.29, 0.717) is 31.1 Å². The van der Waals surface area contributed by atoms with Crippen molar-refractivity contribution in [1.29, 1.82) is 0 Å². The molecule has 30 heavy (non-hydrogen) atoms. The molecule has 1 atom stereocenters. The van der Waals surface area contributed by atoms with Gasteiger partial charge in [-0.1, -0.05) is 30.3 Å². The zero-order valence-electron chi connectivity index (χ0n) is 17.0. The molecule has 0 N–H and O–H groups in total. The van der Waals surface area contributed by atoms with Crippen molar-refractivity contribution < 1.29 is 17.9 Å². The first-order valence-electron chi connectivity index (χ1n) is 10.0. The van der Waals surface area contributed by atoms with Crippen molar-refractivity contribution in [1.82, 2.24) is 19.8 Å². The van der Waals surface area contributed by atoms with Crippen LogP contribution in [0.15, 0.2) is 30.3 Å². The highest BCUT2D eigenvalue weighted by molar-refractivity contribution is 5.59. The molecule has 1 saturated heterocycles. The van der Waals surface area contributed by atoms with Crippen molar-refractivity contribution in [2.24, 2.45) is 0 Å². The molecule has 160 valence electrons. The highest BCUT2D eigenvalue weighted by atomic mass is 19.4. The molecule has 2 aromatic heterocycles. The van der Waals surface area contributed by atoms with E-state index in [1.807, 2.05) is 30.0 Å². The highest BCUT2D eigenvalue weighted by Gasteiger charge is 2.38. The third kappa shape index (κ3) is 4.12. The van der Waals surface area contributed by atoms with Crippen molar-refractivity contribution in [3.05, 3.63) is 52.8 Å². The Kier molecular flexibility index (Phi) is 5.64. The molecule has 3 aromatic rings. The summed E-state index contributed by atoms with van der Waals surface area (Å²) in [5.74, 6) is -0.574. The van der Waals surface area contributed by atoms with E-state index >= 15 is 0 Å². The van der Waals surface area contributed by atoms with Gasteiger partial charge in [0.15, 0.2) is 11.5 Å². The summed E-state index contributed by atoms with van der Waals surface area (Å²) in [6.07, 6.45) is -1.86. The molecule has 1 aromatic carbocycles. The molecule has 1 aliphatic heterocycles. The van der Waals surface area contributed by atoms with E-state index in [4.69, 9.17) is 4.74 Å². The van der Waals surface area contributed by atoms with Gasteiger partial charge >= 0.3 is 6.18 Å². The van der Waals surface area contributed by atoms with E-state index in [1.165, 1.54) is 5.56 Å². The molecule has 1 aliphatic rings. The molecule has 6 nitrogen and oxygen atoms in total. The van der Waals surface area contributed by atoms with Gasteiger partial charge in [-0.2, -0.15) is 17.7 Å². The summed E-state index contributed by atoms with van der Waals surface area (Å²) in [5.41, 5.74) is 2.88. The minimum Gasteiger partial charge on any atom is -0.376 e. The number of hydrogen-bond acceptors (Lipinski definition) is 5. The highest BCUT2D eigenvalue weighted by Crippen LogP contribution is 2.31. The third-order valence-electron chi connectivity index (χ3n) is 5.57. The molecule has 0 aliphatic carbocycles. The average Bonchev–Trinajstić information content (AvgIpc) is 3.35. The lowest BCUT2D eigenvalue weighted by molar-refractivity contribution is -0.146. The average molecular weight is 419 g/mol.